The molecule has 3 aliphatic rings. The number of nitriles is 1. The highest BCUT2D eigenvalue weighted by Gasteiger charge is 2.28. The number of rotatable bonds is 5. The quantitative estimate of drug-likeness (QED) is 0.755. The molecule has 7 nitrogen and oxygen atoms in total. The Morgan fingerprint density at radius 2 is 1.71 bits per heavy atom. The molecule has 4 rings (SSSR count). The first-order valence-electron chi connectivity index (χ1n) is 11.5. The molecule has 2 atom stereocenters. The Hall–Kier alpha value is -1.95. The second-order valence-corrected chi connectivity index (χ2v) is 10.6. The van der Waals surface area contributed by atoms with Gasteiger partial charge in [-0.05, 0) is 43.1 Å². The van der Waals surface area contributed by atoms with E-state index in [1.165, 1.54) is 11.3 Å². The fraction of sp³-hybridized carbons (Fsp3) is 0.696. The summed E-state index contributed by atoms with van der Waals surface area (Å²) in [5.41, 5.74) is 1.80. The highest BCUT2D eigenvalue weighted by atomic mass is 32.1. The van der Waals surface area contributed by atoms with Crippen LogP contribution in [0, 0.1) is 23.2 Å². The number of nitrogens with zero attached hydrogens (tertiary/aromatic N) is 4. The third-order valence-corrected chi connectivity index (χ3v) is 7.91. The molecule has 0 unspecified atom stereocenters. The third-order valence-electron chi connectivity index (χ3n) is 6.70. The Kier molecular flexibility index (Phi) is 6.95. The first-order chi connectivity index (χ1) is 14.9. The van der Waals surface area contributed by atoms with Crippen molar-refractivity contribution >= 4 is 28.2 Å². The van der Waals surface area contributed by atoms with E-state index in [4.69, 9.17) is 0 Å². The van der Waals surface area contributed by atoms with Gasteiger partial charge in [0, 0.05) is 44.1 Å². The molecule has 1 N–H and O–H groups in total. The molecule has 31 heavy (non-hydrogen) atoms. The van der Waals surface area contributed by atoms with Crippen LogP contribution in [0.25, 0.3) is 0 Å². The minimum absolute atomic E-state index is 0.0581. The van der Waals surface area contributed by atoms with Crippen molar-refractivity contribution in [2.24, 2.45) is 11.8 Å². The fourth-order valence-electron chi connectivity index (χ4n) is 5.24. The maximum atomic E-state index is 12.7. The van der Waals surface area contributed by atoms with Crippen molar-refractivity contribution in [3.8, 4) is 6.07 Å². The molecule has 2 saturated heterocycles. The second kappa shape index (κ2) is 9.68. The van der Waals surface area contributed by atoms with Gasteiger partial charge in [0.1, 0.15) is 11.1 Å². The van der Waals surface area contributed by atoms with Crippen LogP contribution in [0.5, 0.6) is 0 Å². The molecule has 1 aromatic rings. The lowest BCUT2D eigenvalue weighted by Crippen LogP contribution is -2.52. The second-order valence-electron chi connectivity index (χ2n) is 9.52. The van der Waals surface area contributed by atoms with Crippen LogP contribution in [-0.2, 0) is 22.4 Å². The molecule has 0 saturated carbocycles. The summed E-state index contributed by atoms with van der Waals surface area (Å²) in [7, 11) is 0. The molecular formula is C23H33N5O2S. The molecule has 0 aromatic carbocycles. The number of amides is 2. The van der Waals surface area contributed by atoms with Crippen molar-refractivity contribution < 1.29 is 9.59 Å². The summed E-state index contributed by atoms with van der Waals surface area (Å²) in [5.74, 6) is 1.33. The van der Waals surface area contributed by atoms with E-state index in [2.05, 4.69) is 35.0 Å². The summed E-state index contributed by atoms with van der Waals surface area (Å²) in [6, 6.07) is 2.28. The molecular weight excluding hydrogens is 410 g/mol. The number of nitrogens with one attached hydrogen (secondary N) is 1. The van der Waals surface area contributed by atoms with Gasteiger partial charge >= 0.3 is 0 Å². The van der Waals surface area contributed by atoms with Crippen molar-refractivity contribution in [3.05, 3.63) is 16.0 Å². The number of piperidine rings is 1. The highest BCUT2D eigenvalue weighted by molar-refractivity contribution is 7.16. The van der Waals surface area contributed by atoms with Crippen LogP contribution in [0.3, 0.4) is 0 Å². The Morgan fingerprint density at radius 1 is 1.06 bits per heavy atom. The molecule has 168 valence electrons. The van der Waals surface area contributed by atoms with Crippen molar-refractivity contribution in [2.75, 3.05) is 57.7 Å². The molecule has 0 bridgehead atoms. The van der Waals surface area contributed by atoms with Gasteiger partial charge in [-0.15, -0.1) is 11.3 Å². The number of likely N-dealkylation sites (tertiary alicyclic amines) is 1. The lowest BCUT2D eigenvalue weighted by atomic mass is 9.92. The highest BCUT2D eigenvalue weighted by Crippen LogP contribution is 2.38. The number of fused-ring (bicyclic) bond motifs is 1. The van der Waals surface area contributed by atoms with Gasteiger partial charge in [-0.2, -0.15) is 5.26 Å². The lowest BCUT2D eigenvalue weighted by molar-refractivity contribution is -0.135. The summed E-state index contributed by atoms with van der Waals surface area (Å²) in [5, 5.41) is 13.2. The molecule has 2 fully saturated rings. The Bertz CT molecular complexity index is 858. The number of hydrogen-bond donors (Lipinski definition) is 1. The van der Waals surface area contributed by atoms with Crippen molar-refractivity contribution in [2.45, 2.75) is 39.5 Å². The fourth-order valence-corrected chi connectivity index (χ4v) is 6.50. The van der Waals surface area contributed by atoms with Crippen molar-refractivity contribution in [1.82, 2.24) is 14.7 Å². The predicted octanol–water partition coefficient (Wildman–Crippen LogP) is 2.17. The van der Waals surface area contributed by atoms with Crippen LogP contribution >= 0.6 is 11.3 Å². The molecule has 1 aromatic heterocycles. The average Bonchev–Trinajstić information content (AvgIpc) is 3.29. The zero-order valence-electron chi connectivity index (χ0n) is 18.7. The Balaban J connectivity index is 1.22. The molecule has 2 aliphatic heterocycles. The number of carbonyl (C=O) groups is 2. The van der Waals surface area contributed by atoms with E-state index >= 15 is 0 Å². The summed E-state index contributed by atoms with van der Waals surface area (Å²) in [6.45, 7) is 10.2. The van der Waals surface area contributed by atoms with Crippen LogP contribution < -0.4 is 5.32 Å². The first kappa shape index (κ1) is 22.3. The van der Waals surface area contributed by atoms with Crippen LogP contribution in [-0.4, -0.2) is 78.9 Å². The zero-order chi connectivity index (χ0) is 22.0. The lowest BCUT2D eigenvalue weighted by Gasteiger charge is -2.38. The van der Waals surface area contributed by atoms with Crippen molar-refractivity contribution in [1.29, 1.82) is 5.26 Å². The molecule has 0 radical (unpaired) electrons. The van der Waals surface area contributed by atoms with Gasteiger partial charge in [0.25, 0.3) is 0 Å². The van der Waals surface area contributed by atoms with Crippen molar-refractivity contribution in [3.63, 3.8) is 0 Å². The van der Waals surface area contributed by atoms with Gasteiger partial charge in [-0.25, -0.2) is 0 Å². The van der Waals surface area contributed by atoms with Crippen LogP contribution in [0.1, 0.15) is 42.7 Å². The van der Waals surface area contributed by atoms with Gasteiger partial charge in [-0.3, -0.25) is 19.4 Å². The largest absolute Gasteiger partial charge is 0.341 e. The van der Waals surface area contributed by atoms with Crippen LogP contribution in [0.15, 0.2) is 0 Å². The van der Waals surface area contributed by atoms with E-state index in [9.17, 15) is 14.9 Å². The van der Waals surface area contributed by atoms with E-state index in [0.717, 1.165) is 64.1 Å². The Morgan fingerprint density at radius 3 is 2.35 bits per heavy atom. The SMILES string of the molecule is C[C@@H]1C[C@@H](C)CN(C(=O)CN2CCN(CC(=O)Nc3sc4c(c3C#N)CCC4)CC2)C1. The minimum Gasteiger partial charge on any atom is -0.341 e. The normalized spacial score (nSPS) is 24.6. The van der Waals surface area contributed by atoms with Gasteiger partial charge < -0.3 is 10.2 Å². The van der Waals surface area contributed by atoms with Gasteiger partial charge in [0.2, 0.25) is 11.8 Å². The van der Waals surface area contributed by atoms with E-state index in [-0.39, 0.29) is 11.8 Å². The molecule has 0 spiro atoms. The van der Waals surface area contributed by atoms with E-state index in [0.29, 0.717) is 35.5 Å². The first-order valence-corrected chi connectivity index (χ1v) is 12.3. The smallest absolute Gasteiger partial charge is 0.239 e. The Labute approximate surface area is 189 Å². The molecule has 1 aliphatic carbocycles. The zero-order valence-corrected chi connectivity index (χ0v) is 19.5. The monoisotopic (exact) mass is 443 g/mol. The topological polar surface area (TPSA) is 79.7 Å². The summed E-state index contributed by atoms with van der Waals surface area (Å²) in [6.07, 6.45) is 4.27. The summed E-state index contributed by atoms with van der Waals surface area (Å²) in [4.78, 5) is 32.9. The predicted molar refractivity (Wildman–Crippen MR) is 122 cm³/mol. The van der Waals surface area contributed by atoms with Gasteiger partial charge in [0.15, 0.2) is 0 Å². The van der Waals surface area contributed by atoms with Gasteiger partial charge in [0.05, 0.1) is 18.7 Å². The van der Waals surface area contributed by atoms with E-state index < -0.39 is 0 Å². The van der Waals surface area contributed by atoms with Crippen LogP contribution in [0.4, 0.5) is 5.00 Å². The number of hydrogen-bond acceptors (Lipinski definition) is 6. The molecule has 3 heterocycles. The maximum absolute atomic E-state index is 12.7. The standard InChI is InChI=1S/C23H33N5O2S/c1-16-10-17(2)13-28(12-16)22(30)15-27-8-6-26(7-9-27)14-21(29)25-23-19(11-24)18-4-3-5-20(18)31-23/h16-17H,3-10,12-15H2,1-2H3,(H,25,29)/t16-,17-/m1/s1. The summed E-state index contributed by atoms with van der Waals surface area (Å²) < 4.78 is 0. The maximum Gasteiger partial charge on any atom is 0.239 e. The number of thiophene rings is 1. The molecule has 8 heteroatoms. The number of anilines is 1. The molecule has 2 amide bonds. The average molecular weight is 444 g/mol. The van der Waals surface area contributed by atoms with Gasteiger partial charge in [-0.1, -0.05) is 13.8 Å². The number of aryl methyl sites for hydroxylation is 1. The summed E-state index contributed by atoms with van der Waals surface area (Å²) >= 11 is 1.56. The number of piperazine rings is 1. The van der Waals surface area contributed by atoms with E-state index in [1.807, 2.05) is 4.90 Å². The number of carbonyl (C=O) groups excluding carboxylic acids is 2. The third kappa shape index (κ3) is 5.28. The minimum atomic E-state index is -0.0581. The van der Waals surface area contributed by atoms with Crippen LogP contribution in [0.2, 0.25) is 0 Å². The van der Waals surface area contributed by atoms with E-state index in [1.54, 1.807) is 11.3 Å².